The average molecular weight is 253 g/mol. The Kier molecular flexibility index (Phi) is 4.60. The number of fused-ring (bicyclic) bond motifs is 1. The summed E-state index contributed by atoms with van der Waals surface area (Å²) in [5, 5.41) is 0. The van der Waals surface area contributed by atoms with E-state index in [4.69, 9.17) is 10.5 Å². The molecule has 0 fully saturated rings. The summed E-state index contributed by atoms with van der Waals surface area (Å²) in [6.07, 6.45) is 6.08. The van der Waals surface area contributed by atoms with Crippen LogP contribution in [0.15, 0.2) is 6.07 Å². The fourth-order valence-electron chi connectivity index (χ4n) is 2.45. The Hall–Kier alpha value is -0.380. The van der Waals surface area contributed by atoms with Crippen LogP contribution in [0.5, 0.6) is 0 Å². The van der Waals surface area contributed by atoms with Crippen molar-refractivity contribution in [1.82, 2.24) is 0 Å². The van der Waals surface area contributed by atoms with Gasteiger partial charge in [0, 0.05) is 22.4 Å². The van der Waals surface area contributed by atoms with Gasteiger partial charge in [0.25, 0.3) is 0 Å². The lowest BCUT2D eigenvalue weighted by molar-refractivity contribution is 0.0506. The molecule has 3 heteroatoms. The molecule has 1 aliphatic rings. The van der Waals surface area contributed by atoms with Gasteiger partial charge in [0.2, 0.25) is 0 Å². The number of thiophene rings is 1. The molecule has 2 atom stereocenters. The second-order valence-electron chi connectivity index (χ2n) is 4.80. The highest BCUT2D eigenvalue weighted by atomic mass is 32.1. The van der Waals surface area contributed by atoms with Crippen molar-refractivity contribution in [2.45, 2.75) is 58.1 Å². The molecule has 0 spiro atoms. The lowest BCUT2D eigenvalue weighted by Crippen LogP contribution is -2.20. The molecule has 1 aromatic rings. The first-order chi connectivity index (χ1) is 8.24. The molecule has 0 radical (unpaired) electrons. The lowest BCUT2D eigenvalue weighted by Gasteiger charge is -2.22. The van der Waals surface area contributed by atoms with Crippen LogP contribution < -0.4 is 5.73 Å². The first-order valence-corrected chi connectivity index (χ1v) is 7.54. The number of ether oxygens (including phenoxy) is 1. The van der Waals surface area contributed by atoms with Gasteiger partial charge in [-0.15, -0.1) is 11.3 Å². The summed E-state index contributed by atoms with van der Waals surface area (Å²) in [5.74, 6) is 0. The van der Waals surface area contributed by atoms with Gasteiger partial charge in [0.05, 0.1) is 6.10 Å². The smallest absolute Gasteiger partial charge is 0.0835 e. The predicted octanol–water partition coefficient (Wildman–Crippen LogP) is 3.44. The molecule has 2 N–H and O–H groups in total. The highest BCUT2D eigenvalue weighted by molar-refractivity contribution is 7.12. The summed E-state index contributed by atoms with van der Waals surface area (Å²) in [7, 11) is 0. The third-order valence-electron chi connectivity index (χ3n) is 3.47. The van der Waals surface area contributed by atoms with Crippen molar-refractivity contribution in [3.63, 3.8) is 0 Å². The Morgan fingerprint density at radius 1 is 1.53 bits per heavy atom. The van der Waals surface area contributed by atoms with E-state index in [0.29, 0.717) is 12.1 Å². The SMILES string of the molecule is CCOC1CCCc2sc(CC(N)CC)cc21. The van der Waals surface area contributed by atoms with Gasteiger partial charge in [0.1, 0.15) is 0 Å². The maximum atomic E-state index is 6.03. The van der Waals surface area contributed by atoms with Crippen molar-refractivity contribution in [3.8, 4) is 0 Å². The Labute approximate surface area is 108 Å². The van der Waals surface area contributed by atoms with Crippen LogP contribution in [-0.2, 0) is 17.6 Å². The van der Waals surface area contributed by atoms with Crippen molar-refractivity contribution < 1.29 is 4.74 Å². The molecular weight excluding hydrogens is 230 g/mol. The first-order valence-electron chi connectivity index (χ1n) is 6.73. The van der Waals surface area contributed by atoms with Crippen LogP contribution in [0.1, 0.15) is 54.5 Å². The van der Waals surface area contributed by atoms with Gasteiger partial charge in [-0.25, -0.2) is 0 Å². The highest BCUT2D eigenvalue weighted by Gasteiger charge is 2.23. The van der Waals surface area contributed by atoms with E-state index in [1.807, 2.05) is 11.3 Å². The molecule has 1 aliphatic carbocycles. The van der Waals surface area contributed by atoms with Crippen LogP contribution in [0.3, 0.4) is 0 Å². The van der Waals surface area contributed by atoms with E-state index in [1.54, 1.807) is 0 Å². The molecule has 0 saturated carbocycles. The number of hydrogen-bond acceptors (Lipinski definition) is 3. The van der Waals surface area contributed by atoms with Crippen molar-refractivity contribution in [2.24, 2.45) is 5.73 Å². The number of rotatable bonds is 5. The summed E-state index contributed by atoms with van der Waals surface area (Å²) in [5.41, 5.74) is 7.48. The van der Waals surface area contributed by atoms with Gasteiger partial charge in [-0.1, -0.05) is 6.92 Å². The molecule has 0 amide bonds. The number of aryl methyl sites for hydroxylation is 1. The van der Waals surface area contributed by atoms with E-state index in [1.165, 1.54) is 34.6 Å². The zero-order chi connectivity index (χ0) is 12.3. The topological polar surface area (TPSA) is 35.2 Å². The normalized spacial score (nSPS) is 21.2. The minimum Gasteiger partial charge on any atom is -0.374 e. The van der Waals surface area contributed by atoms with Crippen molar-refractivity contribution in [1.29, 1.82) is 0 Å². The number of hydrogen-bond donors (Lipinski definition) is 1. The summed E-state index contributed by atoms with van der Waals surface area (Å²) < 4.78 is 5.83. The van der Waals surface area contributed by atoms with E-state index in [2.05, 4.69) is 19.9 Å². The molecule has 17 heavy (non-hydrogen) atoms. The largest absolute Gasteiger partial charge is 0.374 e. The van der Waals surface area contributed by atoms with E-state index < -0.39 is 0 Å². The Morgan fingerprint density at radius 3 is 3.06 bits per heavy atom. The van der Waals surface area contributed by atoms with Crippen LogP contribution in [0.2, 0.25) is 0 Å². The molecule has 2 rings (SSSR count). The van der Waals surface area contributed by atoms with Gasteiger partial charge >= 0.3 is 0 Å². The van der Waals surface area contributed by atoms with E-state index in [0.717, 1.165) is 19.4 Å². The summed E-state index contributed by atoms with van der Waals surface area (Å²) in [6.45, 7) is 5.04. The fourth-order valence-corrected chi connectivity index (χ4v) is 3.80. The van der Waals surface area contributed by atoms with Crippen molar-refractivity contribution in [2.75, 3.05) is 6.61 Å². The van der Waals surface area contributed by atoms with Crippen LogP contribution >= 0.6 is 11.3 Å². The molecule has 2 unspecified atom stereocenters. The van der Waals surface area contributed by atoms with Gasteiger partial charge in [-0.05, 0) is 50.7 Å². The van der Waals surface area contributed by atoms with Crippen molar-refractivity contribution in [3.05, 3.63) is 21.4 Å². The molecule has 96 valence electrons. The van der Waals surface area contributed by atoms with Crippen LogP contribution in [0.25, 0.3) is 0 Å². The lowest BCUT2D eigenvalue weighted by atomic mass is 9.95. The second-order valence-corrected chi connectivity index (χ2v) is 6.02. The van der Waals surface area contributed by atoms with Crippen LogP contribution in [0.4, 0.5) is 0 Å². The van der Waals surface area contributed by atoms with Crippen LogP contribution in [0, 0.1) is 0 Å². The summed E-state index contributed by atoms with van der Waals surface area (Å²) >= 11 is 1.95. The molecule has 0 aromatic carbocycles. The third kappa shape index (κ3) is 3.09. The van der Waals surface area contributed by atoms with Gasteiger partial charge in [-0.2, -0.15) is 0 Å². The van der Waals surface area contributed by atoms with Gasteiger partial charge < -0.3 is 10.5 Å². The molecule has 0 aliphatic heterocycles. The third-order valence-corrected chi connectivity index (χ3v) is 4.70. The minimum absolute atomic E-state index is 0.306. The standard InChI is InChI=1S/C14H23NOS/c1-3-10(15)8-11-9-12-13(16-4-2)6-5-7-14(12)17-11/h9-10,13H,3-8,15H2,1-2H3. The molecule has 0 bridgehead atoms. The molecular formula is C14H23NOS. The summed E-state index contributed by atoms with van der Waals surface area (Å²) in [4.78, 5) is 2.98. The maximum Gasteiger partial charge on any atom is 0.0835 e. The Bertz CT molecular complexity index is 361. The van der Waals surface area contributed by atoms with E-state index in [9.17, 15) is 0 Å². The maximum absolute atomic E-state index is 6.03. The minimum atomic E-state index is 0.306. The number of nitrogens with two attached hydrogens (primary N) is 1. The average Bonchev–Trinajstić information content (AvgIpc) is 2.72. The monoisotopic (exact) mass is 253 g/mol. The van der Waals surface area contributed by atoms with Crippen molar-refractivity contribution >= 4 is 11.3 Å². The second kappa shape index (κ2) is 5.98. The molecule has 1 heterocycles. The summed E-state index contributed by atoms with van der Waals surface area (Å²) in [6, 6.07) is 2.65. The molecule has 0 saturated heterocycles. The van der Waals surface area contributed by atoms with E-state index >= 15 is 0 Å². The quantitative estimate of drug-likeness (QED) is 0.872. The predicted molar refractivity (Wildman–Crippen MR) is 73.6 cm³/mol. The van der Waals surface area contributed by atoms with Gasteiger partial charge in [-0.3, -0.25) is 0 Å². The highest BCUT2D eigenvalue weighted by Crippen LogP contribution is 2.38. The molecule has 1 aromatic heterocycles. The molecule has 2 nitrogen and oxygen atoms in total. The van der Waals surface area contributed by atoms with Gasteiger partial charge in [0.15, 0.2) is 0 Å². The first kappa shape index (κ1) is 13.1. The fraction of sp³-hybridized carbons (Fsp3) is 0.714. The zero-order valence-corrected chi connectivity index (χ0v) is 11.7. The van der Waals surface area contributed by atoms with E-state index in [-0.39, 0.29) is 0 Å². The zero-order valence-electron chi connectivity index (χ0n) is 10.9. The Balaban J connectivity index is 2.12. The Morgan fingerprint density at radius 2 is 2.35 bits per heavy atom. The van der Waals surface area contributed by atoms with Crippen LogP contribution in [-0.4, -0.2) is 12.6 Å².